The Bertz CT molecular complexity index is 727. The minimum Gasteiger partial charge on any atom is -0.320 e. The summed E-state index contributed by atoms with van der Waals surface area (Å²) in [5.74, 6) is 5.66. The number of rotatable bonds is 4. The van der Waals surface area contributed by atoms with Crippen LogP contribution in [0, 0.1) is 11.8 Å². The largest absolute Gasteiger partial charge is 0.320 e. The van der Waals surface area contributed by atoms with Crippen molar-refractivity contribution in [3.8, 4) is 11.8 Å². The lowest BCUT2D eigenvalue weighted by atomic mass is 10.1. The first-order valence-corrected chi connectivity index (χ1v) is 7.36. The van der Waals surface area contributed by atoms with Crippen molar-refractivity contribution in [1.82, 2.24) is 14.9 Å². The Labute approximate surface area is 117 Å². The van der Waals surface area contributed by atoms with Crippen LogP contribution < -0.4 is 10.5 Å². The van der Waals surface area contributed by atoms with Gasteiger partial charge in [-0.05, 0) is 17.7 Å². The SMILES string of the molecule is NCC#Cc1cccc(CNS(=O)(=O)c2cn[nH]c2)c1. The van der Waals surface area contributed by atoms with Crippen LogP contribution in [0.5, 0.6) is 0 Å². The maximum Gasteiger partial charge on any atom is 0.243 e. The standard InChI is InChI=1S/C13H14N4O2S/c14-6-2-5-11-3-1-4-12(7-11)8-17-20(18,19)13-9-15-16-10-13/h1,3-4,7,9-10,17H,6,8,14H2,(H,15,16). The molecule has 0 aliphatic rings. The van der Waals surface area contributed by atoms with Gasteiger partial charge in [-0.25, -0.2) is 13.1 Å². The van der Waals surface area contributed by atoms with Crippen molar-refractivity contribution >= 4 is 10.0 Å². The lowest BCUT2D eigenvalue weighted by Gasteiger charge is -2.05. The molecule has 0 saturated carbocycles. The maximum absolute atomic E-state index is 11.9. The number of aromatic nitrogens is 2. The molecule has 0 fully saturated rings. The van der Waals surface area contributed by atoms with Crippen LogP contribution >= 0.6 is 0 Å². The van der Waals surface area contributed by atoms with Gasteiger partial charge in [-0.15, -0.1) is 0 Å². The molecule has 0 unspecified atom stereocenters. The van der Waals surface area contributed by atoms with E-state index in [1.54, 1.807) is 0 Å². The number of H-pyrrole nitrogens is 1. The lowest BCUT2D eigenvalue weighted by Crippen LogP contribution is -2.22. The molecule has 0 bridgehead atoms. The third-order valence-corrected chi connectivity index (χ3v) is 3.88. The molecule has 6 nitrogen and oxygen atoms in total. The van der Waals surface area contributed by atoms with Crippen molar-refractivity contribution in [1.29, 1.82) is 0 Å². The second kappa shape index (κ2) is 6.34. The summed E-state index contributed by atoms with van der Waals surface area (Å²) in [6.07, 6.45) is 2.58. The van der Waals surface area contributed by atoms with Gasteiger partial charge in [0.25, 0.3) is 0 Å². The first-order chi connectivity index (χ1) is 9.62. The molecule has 2 rings (SSSR count). The van der Waals surface area contributed by atoms with Gasteiger partial charge in [-0.1, -0.05) is 24.0 Å². The van der Waals surface area contributed by atoms with Crippen molar-refractivity contribution in [2.75, 3.05) is 6.54 Å². The van der Waals surface area contributed by atoms with E-state index in [4.69, 9.17) is 5.73 Å². The number of sulfonamides is 1. The molecule has 7 heteroatoms. The number of hydrogen-bond donors (Lipinski definition) is 3. The van der Waals surface area contributed by atoms with E-state index in [1.165, 1.54) is 12.4 Å². The number of nitrogens with two attached hydrogens (primary N) is 1. The van der Waals surface area contributed by atoms with Crippen LogP contribution in [0.2, 0.25) is 0 Å². The zero-order valence-corrected chi connectivity index (χ0v) is 11.4. The summed E-state index contributed by atoms with van der Waals surface area (Å²) in [4.78, 5) is 0.108. The summed E-state index contributed by atoms with van der Waals surface area (Å²) in [6, 6.07) is 7.31. The first kappa shape index (κ1) is 14.3. The molecular formula is C13H14N4O2S. The minimum atomic E-state index is -3.54. The highest BCUT2D eigenvalue weighted by Crippen LogP contribution is 2.08. The molecule has 104 valence electrons. The van der Waals surface area contributed by atoms with E-state index in [1.807, 2.05) is 24.3 Å². The summed E-state index contributed by atoms with van der Waals surface area (Å²) >= 11 is 0. The minimum absolute atomic E-state index is 0.108. The van der Waals surface area contributed by atoms with Gasteiger partial charge < -0.3 is 5.73 Å². The monoisotopic (exact) mass is 290 g/mol. The summed E-state index contributed by atoms with van der Waals surface area (Å²) in [5.41, 5.74) is 6.93. The van der Waals surface area contributed by atoms with Gasteiger partial charge in [-0.2, -0.15) is 5.10 Å². The lowest BCUT2D eigenvalue weighted by molar-refractivity contribution is 0.581. The number of benzene rings is 1. The number of hydrogen-bond acceptors (Lipinski definition) is 4. The molecular weight excluding hydrogens is 276 g/mol. The van der Waals surface area contributed by atoms with Gasteiger partial charge in [-0.3, -0.25) is 5.10 Å². The summed E-state index contributed by atoms with van der Waals surface area (Å²) in [6.45, 7) is 0.475. The summed E-state index contributed by atoms with van der Waals surface area (Å²) in [7, 11) is -3.54. The van der Waals surface area contributed by atoms with Crippen molar-refractivity contribution in [3.05, 3.63) is 47.8 Å². The van der Waals surface area contributed by atoms with E-state index < -0.39 is 10.0 Å². The van der Waals surface area contributed by atoms with Gasteiger partial charge in [0.2, 0.25) is 10.0 Å². The first-order valence-electron chi connectivity index (χ1n) is 5.88. The predicted octanol–water partition coefficient (Wildman–Crippen LogP) is 0.198. The number of aromatic amines is 1. The Morgan fingerprint density at radius 1 is 1.40 bits per heavy atom. The molecule has 0 aliphatic heterocycles. The fourth-order valence-corrected chi connectivity index (χ4v) is 2.48. The molecule has 0 atom stereocenters. The van der Waals surface area contributed by atoms with Gasteiger partial charge in [0.05, 0.1) is 12.7 Å². The Kier molecular flexibility index (Phi) is 4.53. The highest BCUT2D eigenvalue weighted by molar-refractivity contribution is 7.89. The fraction of sp³-hybridized carbons (Fsp3) is 0.154. The Balaban J connectivity index is 2.08. The summed E-state index contributed by atoms with van der Waals surface area (Å²) < 4.78 is 26.3. The molecule has 1 aromatic carbocycles. The number of nitrogens with zero attached hydrogens (tertiary/aromatic N) is 1. The Morgan fingerprint density at radius 2 is 2.25 bits per heavy atom. The molecule has 2 aromatic rings. The van der Waals surface area contributed by atoms with Crippen LogP contribution in [0.15, 0.2) is 41.6 Å². The molecule has 0 saturated heterocycles. The second-order valence-corrected chi connectivity index (χ2v) is 5.73. The molecule has 0 amide bonds. The molecule has 0 aliphatic carbocycles. The average molecular weight is 290 g/mol. The quantitative estimate of drug-likeness (QED) is 0.700. The topological polar surface area (TPSA) is 101 Å². The van der Waals surface area contributed by atoms with E-state index in [2.05, 4.69) is 26.8 Å². The molecule has 0 radical (unpaired) electrons. The van der Waals surface area contributed by atoms with Crippen LogP contribution in [0.3, 0.4) is 0 Å². The molecule has 1 heterocycles. The molecule has 1 aromatic heterocycles. The van der Waals surface area contributed by atoms with Crippen LogP contribution in [0.25, 0.3) is 0 Å². The average Bonchev–Trinajstić information content (AvgIpc) is 2.98. The van der Waals surface area contributed by atoms with Crippen molar-refractivity contribution in [2.45, 2.75) is 11.4 Å². The second-order valence-electron chi connectivity index (χ2n) is 3.96. The molecule has 4 N–H and O–H groups in total. The van der Waals surface area contributed by atoms with Gasteiger partial charge in [0, 0.05) is 18.3 Å². The van der Waals surface area contributed by atoms with Crippen molar-refractivity contribution in [2.24, 2.45) is 5.73 Å². The van der Waals surface area contributed by atoms with Crippen molar-refractivity contribution < 1.29 is 8.42 Å². The molecule has 20 heavy (non-hydrogen) atoms. The normalized spacial score (nSPS) is 10.8. The predicted molar refractivity (Wildman–Crippen MR) is 75.0 cm³/mol. The van der Waals surface area contributed by atoms with E-state index in [0.717, 1.165) is 11.1 Å². The van der Waals surface area contributed by atoms with Gasteiger partial charge >= 0.3 is 0 Å². The van der Waals surface area contributed by atoms with Gasteiger partial charge in [0.15, 0.2) is 0 Å². The van der Waals surface area contributed by atoms with Crippen LogP contribution in [-0.4, -0.2) is 25.2 Å². The summed E-state index contributed by atoms with van der Waals surface area (Å²) in [5, 5.41) is 6.08. The van der Waals surface area contributed by atoms with Gasteiger partial charge in [0.1, 0.15) is 4.90 Å². The zero-order valence-electron chi connectivity index (χ0n) is 10.6. The van der Waals surface area contributed by atoms with E-state index in [9.17, 15) is 8.42 Å². The Morgan fingerprint density at radius 3 is 2.95 bits per heavy atom. The van der Waals surface area contributed by atoms with Crippen LogP contribution in [0.4, 0.5) is 0 Å². The maximum atomic E-state index is 11.9. The highest BCUT2D eigenvalue weighted by atomic mass is 32.2. The van der Waals surface area contributed by atoms with Crippen molar-refractivity contribution in [3.63, 3.8) is 0 Å². The van der Waals surface area contributed by atoms with E-state index in [-0.39, 0.29) is 18.0 Å². The highest BCUT2D eigenvalue weighted by Gasteiger charge is 2.14. The third-order valence-electron chi connectivity index (χ3n) is 2.51. The number of nitrogens with one attached hydrogen (secondary N) is 2. The fourth-order valence-electron chi connectivity index (χ4n) is 1.56. The molecule has 0 spiro atoms. The zero-order chi connectivity index (χ0) is 14.4. The van der Waals surface area contributed by atoms with E-state index in [0.29, 0.717) is 0 Å². The third kappa shape index (κ3) is 3.68. The Hall–Kier alpha value is -2.14. The smallest absolute Gasteiger partial charge is 0.243 e. The van der Waals surface area contributed by atoms with Crippen LogP contribution in [0.1, 0.15) is 11.1 Å². The van der Waals surface area contributed by atoms with Crippen LogP contribution in [-0.2, 0) is 16.6 Å². The van der Waals surface area contributed by atoms with E-state index >= 15 is 0 Å².